The van der Waals surface area contributed by atoms with Gasteiger partial charge in [0.1, 0.15) is 11.6 Å². The molecule has 4 nitrogen and oxygen atoms in total. The second-order valence-corrected chi connectivity index (χ2v) is 8.26. The summed E-state index contributed by atoms with van der Waals surface area (Å²) >= 11 is 0. The molecule has 4 heteroatoms. The third-order valence-corrected chi connectivity index (χ3v) is 5.95. The number of nitrogens with zero attached hydrogens (tertiary/aromatic N) is 1. The Labute approximate surface area is 177 Å². The summed E-state index contributed by atoms with van der Waals surface area (Å²) in [5.41, 5.74) is 6.33. The molecule has 0 bridgehead atoms. The van der Waals surface area contributed by atoms with Gasteiger partial charge < -0.3 is 10.3 Å². The van der Waals surface area contributed by atoms with Gasteiger partial charge in [-0.3, -0.25) is 4.79 Å². The van der Waals surface area contributed by atoms with Crippen LogP contribution < -0.4 is 5.32 Å². The molecule has 0 unspecified atom stereocenters. The van der Waals surface area contributed by atoms with Crippen LogP contribution in [0.5, 0.6) is 0 Å². The van der Waals surface area contributed by atoms with E-state index >= 15 is 0 Å². The van der Waals surface area contributed by atoms with Gasteiger partial charge in [-0.05, 0) is 50.0 Å². The number of carbonyl (C=O) groups excluding carboxylic acids is 1. The highest BCUT2D eigenvalue weighted by molar-refractivity contribution is 6.07. The SMILES string of the molecule is Cc1cc(C)c2[nH]c(-c3ccccc3)c(/C=C(/C#N)C(=O)NC3CCCCC3)c2c1. The zero-order valence-corrected chi connectivity index (χ0v) is 17.6. The monoisotopic (exact) mass is 397 g/mol. The topological polar surface area (TPSA) is 68.7 Å². The first kappa shape index (κ1) is 20.0. The second kappa shape index (κ2) is 8.59. The molecular weight excluding hydrogens is 370 g/mol. The van der Waals surface area contributed by atoms with Crippen molar-refractivity contribution in [3.8, 4) is 17.3 Å². The minimum absolute atomic E-state index is 0.151. The zero-order chi connectivity index (χ0) is 21.1. The Morgan fingerprint density at radius 1 is 1.13 bits per heavy atom. The predicted molar refractivity (Wildman–Crippen MR) is 122 cm³/mol. The van der Waals surface area contributed by atoms with Gasteiger partial charge in [-0.15, -0.1) is 0 Å². The summed E-state index contributed by atoms with van der Waals surface area (Å²) in [5.74, 6) is -0.276. The van der Waals surface area contributed by atoms with Gasteiger partial charge >= 0.3 is 0 Å². The summed E-state index contributed by atoms with van der Waals surface area (Å²) in [6, 6.07) is 16.6. The van der Waals surface area contributed by atoms with Gasteiger partial charge in [-0.25, -0.2) is 0 Å². The summed E-state index contributed by atoms with van der Waals surface area (Å²) in [5, 5.41) is 13.9. The van der Waals surface area contributed by atoms with E-state index in [0.717, 1.165) is 64.5 Å². The van der Waals surface area contributed by atoms with Crippen LogP contribution in [0.2, 0.25) is 0 Å². The second-order valence-electron chi connectivity index (χ2n) is 8.26. The first-order valence-electron chi connectivity index (χ1n) is 10.7. The normalized spacial score (nSPS) is 15.2. The maximum absolute atomic E-state index is 12.9. The largest absolute Gasteiger partial charge is 0.354 e. The number of nitriles is 1. The predicted octanol–water partition coefficient (Wildman–Crippen LogP) is 5.81. The van der Waals surface area contributed by atoms with Gasteiger partial charge in [0.05, 0.1) is 5.69 Å². The molecule has 1 fully saturated rings. The number of amides is 1. The molecule has 1 amide bonds. The van der Waals surface area contributed by atoms with Crippen LogP contribution in [0.15, 0.2) is 48.0 Å². The number of aromatic nitrogens is 1. The number of hydrogen-bond donors (Lipinski definition) is 2. The lowest BCUT2D eigenvalue weighted by Gasteiger charge is -2.22. The molecule has 2 aromatic carbocycles. The number of aryl methyl sites for hydroxylation is 2. The van der Waals surface area contributed by atoms with Crippen molar-refractivity contribution in [1.29, 1.82) is 5.26 Å². The van der Waals surface area contributed by atoms with Crippen LogP contribution in [0.3, 0.4) is 0 Å². The van der Waals surface area contributed by atoms with Crippen molar-refractivity contribution < 1.29 is 4.79 Å². The van der Waals surface area contributed by atoms with E-state index < -0.39 is 0 Å². The molecule has 0 saturated heterocycles. The number of hydrogen-bond acceptors (Lipinski definition) is 2. The number of aromatic amines is 1. The molecule has 1 saturated carbocycles. The van der Waals surface area contributed by atoms with Crippen LogP contribution in [0.1, 0.15) is 48.8 Å². The Hall–Kier alpha value is -3.32. The summed E-state index contributed by atoms with van der Waals surface area (Å²) in [6.07, 6.45) is 7.22. The highest BCUT2D eigenvalue weighted by Gasteiger charge is 2.20. The molecule has 0 aliphatic heterocycles. The molecule has 1 aliphatic rings. The van der Waals surface area contributed by atoms with Crippen LogP contribution in [-0.2, 0) is 4.79 Å². The van der Waals surface area contributed by atoms with Gasteiger partial charge in [0.15, 0.2) is 0 Å². The number of nitrogens with one attached hydrogen (secondary N) is 2. The average molecular weight is 398 g/mol. The average Bonchev–Trinajstić information content (AvgIpc) is 3.11. The fraction of sp³-hybridized carbons (Fsp3) is 0.308. The van der Waals surface area contributed by atoms with Crippen molar-refractivity contribution >= 4 is 22.9 Å². The number of carbonyl (C=O) groups is 1. The Morgan fingerprint density at radius 2 is 1.87 bits per heavy atom. The van der Waals surface area contributed by atoms with Gasteiger partial charge in [0.25, 0.3) is 5.91 Å². The zero-order valence-electron chi connectivity index (χ0n) is 17.6. The third kappa shape index (κ3) is 4.02. The van der Waals surface area contributed by atoms with Crippen molar-refractivity contribution in [2.75, 3.05) is 0 Å². The molecule has 152 valence electrons. The summed E-state index contributed by atoms with van der Waals surface area (Å²) in [4.78, 5) is 16.4. The molecule has 4 rings (SSSR count). The molecular formula is C26H27N3O. The van der Waals surface area contributed by atoms with Crippen molar-refractivity contribution in [3.05, 3.63) is 64.7 Å². The maximum atomic E-state index is 12.9. The third-order valence-electron chi connectivity index (χ3n) is 5.95. The Balaban J connectivity index is 1.81. The fourth-order valence-electron chi connectivity index (χ4n) is 4.46. The van der Waals surface area contributed by atoms with E-state index in [1.54, 1.807) is 6.08 Å². The molecule has 1 heterocycles. The Kier molecular flexibility index (Phi) is 5.72. The van der Waals surface area contributed by atoms with Crippen molar-refractivity contribution in [3.63, 3.8) is 0 Å². The molecule has 0 spiro atoms. The lowest BCUT2D eigenvalue weighted by atomic mass is 9.95. The first-order valence-corrected chi connectivity index (χ1v) is 10.7. The lowest BCUT2D eigenvalue weighted by molar-refractivity contribution is -0.117. The summed E-state index contributed by atoms with van der Waals surface area (Å²) in [7, 11) is 0. The number of rotatable bonds is 4. The van der Waals surface area contributed by atoms with Gasteiger partial charge in [0, 0.05) is 22.5 Å². The first-order chi connectivity index (χ1) is 14.6. The van der Waals surface area contributed by atoms with E-state index in [9.17, 15) is 10.1 Å². The molecule has 30 heavy (non-hydrogen) atoms. The van der Waals surface area contributed by atoms with Crippen LogP contribution in [0.4, 0.5) is 0 Å². The van der Waals surface area contributed by atoms with Gasteiger partial charge in [0.2, 0.25) is 0 Å². The van der Waals surface area contributed by atoms with E-state index in [0.29, 0.717) is 0 Å². The molecule has 1 aromatic heterocycles. The highest BCUT2D eigenvalue weighted by Crippen LogP contribution is 2.34. The van der Waals surface area contributed by atoms with E-state index in [-0.39, 0.29) is 17.5 Å². The lowest BCUT2D eigenvalue weighted by Crippen LogP contribution is -2.36. The fourth-order valence-corrected chi connectivity index (χ4v) is 4.46. The summed E-state index contributed by atoms with van der Waals surface area (Å²) in [6.45, 7) is 4.14. The van der Waals surface area contributed by atoms with Gasteiger partial charge in [-0.1, -0.05) is 61.2 Å². The number of benzene rings is 2. The molecule has 2 N–H and O–H groups in total. The van der Waals surface area contributed by atoms with E-state index in [1.807, 2.05) is 30.3 Å². The van der Waals surface area contributed by atoms with Crippen molar-refractivity contribution in [2.45, 2.75) is 52.0 Å². The highest BCUT2D eigenvalue weighted by atomic mass is 16.1. The van der Waals surface area contributed by atoms with Crippen molar-refractivity contribution in [1.82, 2.24) is 10.3 Å². The number of H-pyrrole nitrogens is 1. The van der Waals surface area contributed by atoms with Crippen LogP contribution >= 0.6 is 0 Å². The Morgan fingerprint density at radius 3 is 2.57 bits per heavy atom. The number of fused-ring (bicyclic) bond motifs is 1. The van der Waals surface area contributed by atoms with E-state index in [4.69, 9.17) is 0 Å². The van der Waals surface area contributed by atoms with E-state index in [2.05, 4.69) is 42.4 Å². The minimum atomic E-state index is -0.276. The quantitative estimate of drug-likeness (QED) is 0.431. The molecule has 1 aliphatic carbocycles. The van der Waals surface area contributed by atoms with Crippen LogP contribution in [-0.4, -0.2) is 16.9 Å². The Bertz CT molecular complexity index is 1140. The molecule has 0 atom stereocenters. The smallest absolute Gasteiger partial charge is 0.262 e. The minimum Gasteiger partial charge on any atom is -0.354 e. The summed E-state index contributed by atoms with van der Waals surface area (Å²) < 4.78 is 0. The van der Waals surface area contributed by atoms with Crippen LogP contribution in [0.25, 0.3) is 28.2 Å². The molecule has 0 radical (unpaired) electrons. The standard InChI is InChI=1S/C26H27N3O/c1-17-13-18(2)24-22(14-17)23(25(29-24)19-9-5-3-6-10-19)15-20(16-27)26(30)28-21-11-7-4-8-12-21/h3,5-6,9-10,13-15,21,29H,4,7-8,11-12H2,1-2H3,(H,28,30)/b20-15-. The van der Waals surface area contributed by atoms with Crippen LogP contribution in [0, 0.1) is 25.2 Å². The maximum Gasteiger partial charge on any atom is 0.262 e. The molecule has 3 aromatic rings. The van der Waals surface area contributed by atoms with Crippen molar-refractivity contribution in [2.24, 2.45) is 0 Å². The van der Waals surface area contributed by atoms with E-state index in [1.165, 1.54) is 6.42 Å². The van der Waals surface area contributed by atoms with Gasteiger partial charge in [-0.2, -0.15) is 5.26 Å².